The topological polar surface area (TPSA) is 43.2 Å². The van der Waals surface area contributed by atoms with Crippen molar-refractivity contribution in [1.82, 2.24) is 4.40 Å². The van der Waals surface area contributed by atoms with E-state index in [0.29, 0.717) is 25.4 Å². The van der Waals surface area contributed by atoms with Crippen LogP contribution in [0.1, 0.15) is 22.8 Å². The Kier molecular flexibility index (Phi) is 5.42. The monoisotopic (exact) mass is 442 g/mol. The van der Waals surface area contributed by atoms with Crippen LogP contribution in [0.5, 0.6) is 0 Å². The standard InChI is InChI=1S/C22H23BrN2O3/c1-3-28-22(26)20-15(2)12-19-13-17(16-4-6-18(23)7-5-16)14-25(19)21(20)24-8-10-27-11-9-24/h4-7,12-14H,3,8-11H2,1-2H3. The number of benzene rings is 1. The predicted molar refractivity (Wildman–Crippen MR) is 114 cm³/mol. The van der Waals surface area contributed by atoms with E-state index in [0.717, 1.165) is 45.6 Å². The van der Waals surface area contributed by atoms with Crippen molar-refractivity contribution in [3.05, 3.63) is 58.2 Å². The van der Waals surface area contributed by atoms with Crippen LogP contribution < -0.4 is 4.90 Å². The lowest BCUT2D eigenvalue weighted by Crippen LogP contribution is -2.38. The molecule has 0 atom stereocenters. The van der Waals surface area contributed by atoms with Crippen LogP contribution in [-0.2, 0) is 9.47 Å². The molecule has 0 N–H and O–H groups in total. The number of anilines is 1. The average molecular weight is 443 g/mol. The first-order chi connectivity index (χ1) is 13.6. The zero-order valence-corrected chi connectivity index (χ0v) is 17.7. The summed E-state index contributed by atoms with van der Waals surface area (Å²) in [5.41, 5.74) is 4.87. The van der Waals surface area contributed by atoms with Gasteiger partial charge in [-0.15, -0.1) is 0 Å². The van der Waals surface area contributed by atoms with Gasteiger partial charge in [-0.1, -0.05) is 28.1 Å². The normalized spacial score (nSPS) is 14.5. The second-order valence-corrected chi connectivity index (χ2v) is 7.79. The van der Waals surface area contributed by atoms with Gasteiger partial charge < -0.3 is 18.8 Å². The summed E-state index contributed by atoms with van der Waals surface area (Å²) in [7, 11) is 0. The molecule has 6 heteroatoms. The molecule has 0 radical (unpaired) electrons. The molecule has 0 aliphatic carbocycles. The molecule has 2 aromatic heterocycles. The van der Waals surface area contributed by atoms with Crippen molar-refractivity contribution in [3.63, 3.8) is 0 Å². The minimum absolute atomic E-state index is 0.276. The van der Waals surface area contributed by atoms with Crippen LogP contribution in [0.4, 0.5) is 5.82 Å². The molecule has 0 saturated carbocycles. The molecule has 1 aliphatic rings. The van der Waals surface area contributed by atoms with Crippen molar-refractivity contribution in [3.8, 4) is 11.1 Å². The van der Waals surface area contributed by atoms with E-state index in [1.165, 1.54) is 0 Å². The lowest BCUT2D eigenvalue weighted by atomic mass is 10.1. The van der Waals surface area contributed by atoms with Gasteiger partial charge in [0, 0.05) is 34.8 Å². The highest BCUT2D eigenvalue weighted by Crippen LogP contribution is 2.32. The minimum atomic E-state index is -0.276. The van der Waals surface area contributed by atoms with Crippen molar-refractivity contribution < 1.29 is 14.3 Å². The van der Waals surface area contributed by atoms with Crippen LogP contribution in [0.25, 0.3) is 16.6 Å². The molecule has 0 spiro atoms. The number of carbonyl (C=O) groups excluding carboxylic acids is 1. The van der Waals surface area contributed by atoms with Gasteiger partial charge in [0.15, 0.2) is 0 Å². The van der Waals surface area contributed by atoms with E-state index < -0.39 is 0 Å². The number of hydrogen-bond acceptors (Lipinski definition) is 4. The van der Waals surface area contributed by atoms with Gasteiger partial charge in [-0.05, 0) is 49.2 Å². The van der Waals surface area contributed by atoms with E-state index in [-0.39, 0.29) is 5.97 Å². The van der Waals surface area contributed by atoms with E-state index in [4.69, 9.17) is 9.47 Å². The number of ether oxygens (including phenoxy) is 2. The number of pyridine rings is 1. The summed E-state index contributed by atoms with van der Waals surface area (Å²) >= 11 is 3.49. The third-order valence-electron chi connectivity index (χ3n) is 5.03. The van der Waals surface area contributed by atoms with Gasteiger partial charge in [0.05, 0.1) is 19.8 Å². The van der Waals surface area contributed by atoms with Crippen LogP contribution in [0, 0.1) is 6.92 Å². The second kappa shape index (κ2) is 7.97. The number of hydrogen-bond donors (Lipinski definition) is 0. The lowest BCUT2D eigenvalue weighted by molar-refractivity contribution is 0.0524. The van der Waals surface area contributed by atoms with Gasteiger partial charge in [0.25, 0.3) is 0 Å². The van der Waals surface area contributed by atoms with Crippen LogP contribution >= 0.6 is 15.9 Å². The van der Waals surface area contributed by atoms with Crippen molar-refractivity contribution in [2.45, 2.75) is 13.8 Å². The number of carbonyl (C=O) groups is 1. The molecule has 146 valence electrons. The fourth-order valence-corrected chi connectivity index (χ4v) is 3.97. The number of aryl methyl sites for hydroxylation is 1. The van der Waals surface area contributed by atoms with Crippen molar-refractivity contribution >= 4 is 33.2 Å². The number of esters is 1. The number of rotatable bonds is 4. The van der Waals surface area contributed by atoms with Gasteiger partial charge >= 0.3 is 5.97 Å². The molecular weight excluding hydrogens is 420 g/mol. The quantitative estimate of drug-likeness (QED) is 0.549. The molecule has 0 amide bonds. The summed E-state index contributed by atoms with van der Waals surface area (Å²) in [6.45, 7) is 6.96. The van der Waals surface area contributed by atoms with Gasteiger partial charge in [0.2, 0.25) is 0 Å². The molecule has 1 saturated heterocycles. The van der Waals surface area contributed by atoms with Gasteiger partial charge in [0.1, 0.15) is 11.4 Å². The molecule has 1 aromatic carbocycles. The van der Waals surface area contributed by atoms with Crippen LogP contribution in [0.15, 0.2) is 47.1 Å². The summed E-state index contributed by atoms with van der Waals surface area (Å²) in [5, 5.41) is 0. The maximum Gasteiger partial charge on any atom is 0.342 e. The highest BCUT2D eigenvalue weighted by atomic mass is 79.9. The molecule has 3 heterocycles. The molecule has 0 bridgehead atoms. The fourth-order valence-electron chi connectivity index (χ4n) is 3.71. The lowest BCUT2D eigenvalue weighted by Gasteiger charge is -2.31. The first kappa shape index (κ1) is 19.0. The summed E-state index contributed by atoms with van der Waals surface area (Å²) in [6, 6.07) is 12.5. The van der Waals surface area contributed by atoms with E-state index >= 15 is 0 Å². The third kappa shape index (κ3) is 3.54. The number of aromatic nitrogens is 1. The molecule has 3 aromatic rings. The van der Waals surface area contributed by atoms with Crippen LogP contribution in [0.3, 0.4) is 0 Å². The van der Waals surface area contributed by atoms with E-state index in [1.54, 1.807) is 0 Å². The molecule has 5 nitrogen and oxygen atoms in total. The Labute approximate surface area is 173 Å². The van der Waals surface area contributed by atoms with Gasteiger partial charge in [-0.2, -0.15) is 0 Å². The maximum absolute atomic E-state index is 12.8. The molecular formula is C22H23BrN2O3. The summed E-state index contributed by atoms with van der Waals surface area (Å²) in [4.78, 5) is 15.0. The maximum atomic E-state index is 12.8. The summed E-state index contributed by atoms with van der Waals surface area (Å²) < 4.78 is 14.1. The second-order valence-electron chi connectivity index (χ2n) is 6.88. The highest BCUT2D eigenvalue weighted by Gasteiger charge is 2.25. The fraction of sp³-hybridized carbons (Fsp3) is 0.318. The van der Waals surface area contributed by atoms with Crippen molar-refractivity contribution in [2.24, 2.45) is 0 Å². The zero-order chi connectivity index (χ0) is 19.7. The molecule has 28 heavy (non-hydrogen) atoms. The predicted octanol–water partition coefficient (Wildman–Crippen LogP) is 4.69. The van der Waals surface area contributed by atoms with Crippen LogP contribution in [-0.4, -0.2) is 43.3 Å². The van der Waals surface area contributed by atoms with Crippen LogP contribution in [0.2, 0.25) is 0 Å². The Morgan fingerprint density at radius 3 is 2.54 bits per heavy atom. The van der Waals surface area contributed by atoms with E-state index in [2.05, 4.69) is 55.7 Å². The first-order valence-electron chi connectivity index (χ1n) is 9.50. The first-order valence-corrected chi connectivity index (χ1v) is 10.3. The largest absolute Gasteiger partial charge is 0.462 e. The number of morpholine rings is 1. The Bertz CT molecular complexity index is 1000. The summed E-state index contributed by atoms with van der Waals surface area (Å²) in [5.74, 6) is 0.613. The molecule has 1 fully saturated rings. The Balaban J connectivity index is 1.91. The SMILES string of the molecule is CCOC(=O)c1c(C)cc2cc(-c3ccc(Br)cc3)cn2c1N1CCOCC1. The number of nitrogens with zero attached hydrogens (tertiary/aromatic N) is 2. The van der Waals surface area contributed by atoms with Crippen molar-refractivity contribution in [2.75, 3.05) is 37.8 Å². The smallest absolute Gasteiger partial charge is 0.342 e. The molecule has 0 unspecified atom stereocenters. The number of fused-ring (bicyclic) bond motifs is 1. The zero-order valence-electron chi connectivity index (χ0n) is 16.1. The highest BCUT2D eigenvalue weighted by molar-refractivity contribution is 9.10. The average Bonchev–Trinajstić information content (AvgIpc) is 3.11. The molecule has 1 aliphatic heterocycles. The number of halogens is 1. The molecule has 4 rings (SSSR count). The summed E-state index contributed by atoms with van der Waals surface area (Å²) in [6.07, 6.45) is 2.10. The van der Waals surface area contributed by atoms with Gasteiger partial charge in [-0.25, -0.2) is 4.79 Å². The van der Waals surface area contributed by atoms with Crippen molar-refractivity contribution in [1.29, 1.82) is 0 Å². The Morgan fingerprint density at radius 1 is 1.14 bits per heavy atom. The van der Waals surface area contributed by atoms with E-state index in [9.17, 15) is 4.79 Å². The third-order valence-corrected chi connectivity index (χ3v) is 5.56. The minimum Gasteiger partial charge on any atom is -0.462 e. The van der Waals surface area contributed by atoms with E-state index in [1.807, 2.05) is 26.0 Å². The van der Waals surface area contributed by atoms with Gasteiger partial charge in [-0.3, -0.25) is 0 Å². The Morgan fingerprint density at radius 2 is 1.86 bits per heavy atom. The Hall–Kier alpha value is -2.31.